The van der Waals surface area contributed by atoms with E-state index >= 15 is 0 Å². The molecule has 29 heavy (non-hydrogen) atoms. The molecule has 3 N–H and O–H groups in total. The molecule has 1 aromatic carbocycles. The van der Waals surface area contributed by atoms with Crippen LogP contribution in [0, 0.1) is 11.3 Å². The van der Waals surface area contributed by atoms with Crippen molar-refractivity contribution in [1.29, 1.82) is 5.26 Å². The smallest absolute Gasteiger partial charge is 0.407 e. The second-order valence-corrected chi connectivity index (χ2v) is 7.89. The number of benzene rings is 1. The normalized spacial score (nSPS) is 14.3. The minimum absolute atomic E-state index is 0.0640. The molecule has 0 unspecified atom stereocenters. The third-order valence-electron chi connectivity index (χ3n) is 4.18. The molecule has 1 aromatic heterocycles. The van der Waals surface area contributed by atoms with Gasteiger partial charge in [-0.1, -0.05) is 18.2 Å². The van der Waals surface area contributed by atoms with Crippen LogP contribution in [0.25, 0.3) is 0 Å². The van der Waals surface area contributed by atoms with Crippen molar-refractivity contribution in [2.45, 2.75) is 5.75 Å². The Balaban J connectivity index is 1.86. The maximum Gasteiger partial charge on any atom is 0.407 e. The van der Waals surface area contributed by atoms with E-state index < -0.39 is 21.9 Å². The highest BCUT2D eigenvalue weighted by atomic mass is 32.2. The molecule has 12 heteroatoms. The number of amides is 1. The zero-order chi connectivity index (χ0) is 21.0. The summed E-state index contributed by atoms with van der Waals surface area (Å²) in [6, 6.07) is 9.73. The Hall–Kier alpha value is -3.43. The van der Waals surface area contributed by atoms with Gasteiger partial charge in [0.05, 0.1) is 5.75 Å². The molecule has 1 aliphatic heterocycles. The fourth-order valence-corrected chi connectivity index (χ4v) is 3.49. The van der Waals surface area contributed by atoms with Crippen molar-refractivity contribution in [2.24, 2.45) is 5.14 Å². The van der Waals surface area contributed by atoms with Gasteiger partial charge < -0.3 is 19.6 Å². The van der Waals surface area contributed by atoms with E-state index in [1.807, 2.05) is 6.07 Å². The van der Waals surface area contributed by atoms with E-state index in [0.717, 1.165) is 0 Å². The number of nitriles is 1. The van der Waals surface area contributed by atoms with E-state index in [2.05, 4.69) is 9.97 Å². The number of carboxylic acid groups (broad SMARTS) is 1. The number of carbonyl (C=O) groups is 1. The number of para-hydroxylation sites is 1. The average Bonchev–Trinajstić information content (AvgIpc) is 2.68. The van der Waals surface area contributed by atoms with Crippen molar-refractivity contribution >= 4 is 22.1 Å². The molecule has 2 heterocycles. The number of piperazine rings is 1. The summed E-state index contributed by atoms with van der Waals surface area (Å²) in [5, 5.41) is 23.5. The maximum absolute atomic E-state index is 11.4. The number of nitrogens with two attached hydrogens (primary N) is 1. The van der Waals surface area contributed by atoms with E-state index in [0.29, 0.717) is 18.7 Å². The van der Waals surface area contributed by atoms with Crippen LogP contribution in [-0.4, -0.2) is 60.7 Å². The molecule has 1 amide bonds. The summed E-state index contributed by atoms with van der Waals surface area (Å²) in [5.74, 6) is 0.122. The molecule has 152 valence electrons. The zero-order valence-corrected chi connectivity index (χ0v) is 16.0. The molecule has 2 aromatic rings. The number of rotatable bonds is 5. The lowest BCUT2D eigenvalue weighted by atomic mass is 10.2. The Labute approximate surface area is 167 Å². The van der Waals surface area contributed by atoms with Crippen LogP contribution in [0.1, 0.15) is 11.3 Å². The van der Waals surface area contributed by atoms with Gasteiger partial charge in [-0.2, -0.15) is 10.2 Å². The molecule has 0 radical (unpaired) electrons. The average molecular weight is 418 g/mol. The molecular weight excluding hydrogens is 400 g/mol. The van der Waals surface area contributed by atoms with Gasteiger partial charge in [0.15, 0.2) is 0 Å². The van der Waals surface area contributed by atoms with Crippen LogP contribution in [0.2, 0.25) is 0 Å². The molecule has 0 spiro atoms. The number of sulfonamides is 1. The van der Waals surface area contributed by atoms with Crippen LogP contribution in [0.15, 0.2) is 30.3 Å². The molecule has 0 atom stereocenters. The van der Waals surface area contributed by atoms with Crippen LogP contribution >= 0.6 is 0 Å². The molecule has 0 saturated carbocycles. The van der Waals surface area contributed by atoms with Crippen LogP contribution in [0.3, 0.4) is 0 Å². The van der Waals surface area contributed by atoms with Crippen LogP contribution in [0.4, 0.5) is 10.7 Å². The molecule has 1 aliphatic rings. The largest absolute Gasteiger partial charge is 0.465 e. The first-order valence-corrected chi connectivity index (χ1v) is 10.2. The van der Waals surface area contributed by atoms with E-state index in [4.69, 9.17) is 15.0 Å². The third-order valence-corrected chi connectivity index (χ3v) is 4.90. The Kier molecular flexibility index (Phi) is 5.81. The van der Waals surface area contributed by atoms with Gasteiger partial charge in [-0.15, -0.1) is 0 Å². The van der Waals surface area contributed by atoms with Gasteiger partial charge in [0.25, 0.3) is 0 Å². The molecule has 11 nitrogen and oxygen atoms in total. The van der Waals surface area contributed by atoms with Crippen LogP contribution in [-0.2, 0) is 15.8 Å². The van der Waals surface area contributed by atoms with Crippen molar-refractivity contribution in [1.82, 2.24) is 14.9 Å². The number of ether oxygens (including phenoxy) is 1. The van der Waals surface area contributed by atoms with E-state index in [9.17, 15) is 18.5 Å². The summed E-state index contributed by atoms with van der Waals surface area (Å²) >= 11 is 0. The van der Waals surface area contributed by atoms with Crippen molar-refractivity contribution in [3.8, 4) is 17.7 Å². The third kappa shape index (κ3) is 5.31. The predicted octanol–water partition coefficient (Wildman–Crippen LogP) is 0.729. The van der Waals surface area contributed by atoms with Gasteiger partial charge in [0.1, 0.15) is 17.5 Å². The summed E-state index contributed by atoms with van der Waals surface area (Å²) in [7, 11) is -3.77. The van der Waals surface area contributed by atoms with Crippen molar-refractivity contribution < 1.29 is 23.1 Å². The fourth-order valence-electron chi connectivity index (χ4n) is 2.81. The Morgan fingerprint density at radius 2 is 1.93 bits per heavy atom. The predicted molar refractivity (Wildman–Crippen MR) is 102 cm³/mol. The highest BCUT2D eigenvalue weighted by Crippen LogP contribution is 2.27. The molecule has 0 bridgehead atoms. The van der Waals surface area contributed by atoms with E-state index in [1.54, 1.807) is 29.2 Å². The zero-order valence-electron chi connectivity index (χ0n) is 15.2. The monoisotopic (exact) mass is 418 g/mol. The Morgan fingerprint density at radius 3 is 2.55 bits per heavy atom. The van der Waals surface area contributed by atoms with Crippen molar-refractivity contribution in [3.63, 3.8) is 0 Å². The van der Waals surface area contributed by atoms with Crippen molar-refractivity contribution in [2.75, 3.05) is 31.1 Å². The van der Waals surface area contributed by atoms with Crippen LogP contribution in [0.5, 0.6) is 11.6 Å². The number of primary sulfonamides is 1. The SMILES string of the molecule is N#Cc1cc(Oc2ccccc2CS(N)(=O)=O)nc(N2CCN(C(=O)O)CC2)n1. The molecular formula is C17H18N6O5S. The van der Waals surface area contributed by atoms with E-state index in [1.165, 1.54) is 11.0 Å². The number of anilines is 1. The number of hydrogen-bond acceptors (Lipinski definition) is 8. The molecule has 1 fully saturated rings. The lowest BCUT2D eigenvalue weighted by molar-refractivity contribution is 0.142. The van der Waals surface area contributed by atoms with Gasteiger partial charge >= 0.3 is 6.09 Å². The first-order valence-electron chi connectivity index (χ1n) is 8.53. The minimum Gasteiger partial charge on any atom is -0.465 e. The second kappa shape index (κ2) is 8.29. The molecule has 3 rings (SSSR count). The quantitative estimate of drug-likeness (QED) is 0.712. The van der Waals surface area contributed by atoms with Gasteiger partial charge in [-0.3, -0.25) is 0 Å². The van der Waals surface area contributed by atoms with Gasteiger partial charge in [-0.05, 0) is 6.07 Å². The number of nitrogens with zero attached hydrogens (tertiary/aromatic N) is 5. The maximum atomic E-state index is 11.4. The summed E-state index contributed by atoms with van der Waals surface area (Å²) < 4.78 is 28.6. The highest BCUT2D eigenvalue weighted by molar-refractivity contribution is 7.88. The summed E-state index contributed by atoms with van der Waals surface area (Å²) in [6.07, 6.45) is -0.994. The Bertz CT molecular complexity index is 1060. The number of aromatic nitrogens is 2. The first-order chi connectivity index (χ1) is 13.7. The van der Waals surface area contributed by atoms with E-state index in [-0.39, 0.29) is 36.4 Å². The highest BCUT2D eigenvalue weighted by Gasteiger charge is 2.23. The van der Waals surface area contributed by atoms with Crippen molar-refractivity contribution in [3.05, 3.63) is 41.6 Å². The summed E-state index contributed by atoms with van der Waals surface area (Å²) in [5.41, 5.74) is 0.415. The fraction of sp³-hybridized carbons (Fsp3) is 0.294. The lowest BCUT2D eigenvalue weighted by Crippen LogP contribution is -2.48. The lowest BCUT2D eigenvalue weighted by Gasteiger charge is -2.33. The Morgan fingerprint density at radius 1 is 1.24 bits per heavy atom. The van der Waals surface area contributed by atoms with Gasteiger partial charge in [0, 0.05) is 37.8 Å². The standard InChI is InChI=1S/C17H18N6O5S/c18-10-13-9-15(28-14-4-2-1-3-12(14)11-29(19,26)27)21-16(20-13)22-5-7-23(8-6-22)17(24)25/h1-4,9H,5-8,11H2,(H,24,25)(H2,19,26,27). The number of hydrogen-bond donors (Lipinski definition) is 2. The molecule has 0 aliphatic carbocycles. The minimum atomic E-state index is -3.77. The molecule has 1 saturated heterocycles. The summed E-state index contributed by atoms with van der Waals surface area (Å²) in [6.45, 7) is 1.29. The first kappa shape index (κ1) is 20.3. The topological polar surface area (TPSA) is 163 Å². The van der Waals surface area contributed by atoms with Gasteiger partial charge in [-0.25, -0.2) is 23.3 Å². The van der Waals surface area contributed by atoms with Crippen LogP contribution < -0.4 is 14.8 Å². The second-order valence-electron chi connectivity index (χ2n) is 6.28. The van der Waals surface area contributed by atoms with Gasteiger partial charge in [0.2, 0.25) is 21.9 Å². The summed E-state index contributed by atoms with van der Waals surface area (Å²) in [4.78, 5) is 22.5.